The Hall–Kier alpha value is -6.44. The maximum absolute atomic E-state index is 9.46. The van der Waals surface area contributed by atoms with Gasteiger partial charge in [0.15, 0.2) is 0 Å². The third-order valence-electron chi connectivity index (χ3n) is 9.52. The fourth-order valence-corrected chi connectivity index (χ4v) is 7.33. The van der Waals surface area contributed by atoms with Crippen molar-refractivity contribution in [2.24, 2.45) is 0 Å². The highest BCUT2D eigenvalue weighted by Gasteiger charge is 2.19. The summed E-state index contributed by atoms with van der Waals surface area (Å²) >= 11 is 0. The third kappa shape index (κ3) is 4.40. The van der Waals surface area contributed by atoms with Crippen molar-refractivity contribution in [3.8, 4) is 44.5 Å². The molecule has 10 rings (SSSR count). The predicted molar refractivity (Wildman–Crippen MR) is 208 cm³/mol. The van der Waals surface area contributed by atoms with Gasteiger partial charge >= 0.3 is 0 Å². The second-order valence-corrected chi connectivity index (χ2v) is 12.2. The monoisotopic (exact) mass is 630 g/mol. The molecule has 228 valence electrons. The molecule has 49 heavy (non-hydrogen) atoms. The van der Waals surface area contributed by atoms with E-state index in [0.717, 1.165) is 49.4 Å². The Balaban J connectivity index is 1.34. The largest absolute Gasteiger partial charge is 0.456 e. The molecule has 0 N–H and O–H groups in total. The highest BCUT2D eigenvalue weighted by atomic mass is 16.3. The Bertz CT molecular complexity index is 3250. The van der Waals surface area contributed by atoms with Crippen LogP contribution in [0.4, 0.5) is 0 Å². The lowest BCUT2D eigenvalue weighted by Gasteiger charge is -2.20. The topological polar surface area (TPSA) is 13.1 Å². The summed E-state index contributed by atoms with van der Waals surface area (Å²) in [5.41, 5.74) is 6.86. The molecule has 0 spiro atoms. The maximum Gasteiger partial charge on any atom is 0.136 e. The molecule has 0 saturated heterocycles. The van der Waals surface area contributed by atoms with Gasteiger partial charge in [-0.15, -0.1) is 0 Å². The molecule has 10 aromatic rings. The van der Waals surface area contributed by atoms with Crippen LogP contribution >= 0.6 is 0 Å². The summed E-state index contributed by atoms with van der Waals surface area (Å²) in [6.45, 7) is 0. The van der Waals surface area contributed by atoms with E-state index in [-0.39, 0.29) is 45.7 Å². The second-order valence-electron chi connectivity index (χ2n) is 12.2. The van der Waals surface area contributed by atoms with Gasteiger partial charge in [0.25, 0.3) is 0 Å². The third-order valence-corrected chi connectivity index (χ3v) is 9.52. The lowest BCUT2D eigenvalue weighted by atomic mass is 9.83. The summed E-state index contributed by atoms with van der Waals surface area (Å²) in [5.74, 6) is 0. The van der Waals surface area contributed by atoms with Gasteiger partial charge < -0.3 is 4.42 Å². The zero-order valence-electron chi connectivity index (χ0n) is 34.1. The first kappa shape index (κ1) is 20.7. The molecule has 1 heterocycles. The molecule has 0 radical (unpaired) electrons. The Morgan fingerprint density at radius 2 is 0.857 bits per heavy atom. The van der Waals surface area contributed by atoms with Gasteiger partial charge in [0.2, 0.25) is 0 Å². The standard InChI is InChI=1S/C48H30O/c1-2-13-31(14-3-1)35-27-28-44(37-18-5-4-17-36(35)37)48-42-22-8-6-20-40(42)47(41-21-7-9-23-43(41)48)34-16-12-15-32(29-34)33-25-26-39-38-19-10-11-24-45(38)49-46(39)30-33/h1-30H/i6D,7D,8D,9D,20D,21D,22D,23D. The number of furan rings is 1. The normalized spacial score (nSPS) is 14.0. The first-order valence-corrected chi connectivity index (χ1v) is 16.2. The minimum Gasteiger partial charge on any atom is -0.456 e. The summed E-state index contributed by atoms with van der Waals surface area (Å²) in [6, 6.07) is 40.1. The average Bonchev–Trinajstić information content (AvgIpc) is 3.63. The number of rotatable bonds is 4. The van der Waals surface area contributed by atoms with Gasteiger partial charge in [0.1, 0.15) is 11.2 Å². The summed E-state index contributed by atoms with van der Waals surface area (Å²) in [7, 11) is 0. The first-order chi connectivity index (χ1) is 27.6. The number of hydrogen-bond acceptors (Lipinski definition) is 1. The molecule has 1 heteroatoms. The van der Waals surface area contributed by atoms with Gasteiger partial charge in [0, 0.05) is 10.8 Å². The molecular weight excluding hydrogens is 593 g/mol. The Morgan fingerprint density at radius 3 is 1.59 bits per heavy atom. The molecule has 9 aromatic carbocycles. The smallest absolute Gasteiger partial charge is 0.136 e. The van der Waals surface area contributed by atoms with E-state index >= 15 is 0 Å². The quantitative estimate of drug-likeness (QED) is 0.176. The van der Waals surface area contributed by atoms with E-state index in [9.17, 15) is 5.48 Å². The molecule has 1 nitrogen and oxygen atoms in total. The minimum atomic E-state index is -0.435. The molecule has 0 fully saturated rings. The van der Waals surface area contributed by atoms with Crippen molar-refractivity contribution in [1.82, 2.24) is 0 Å². The Morgan fingerprint density at radius 1 is 0.327 bits per heavy atom. The van der Waals surface area contributed by atoms with Gasteiger partial charge in [-0.2, -0.15) is 0 Å². The fraction of sp³-hybridized carbons (Fsp3) is 0. The van der Waals surface area contributed by atoms with Crippen LogP contribution in [0.5, 0.6) is 0 Å². The molecule has 0 saturated carbocycles. The van der Waals surface area contributed by atoms with E-state index in [1.807, 2.05) is 133 Å². The zero-order chi connectivity index (χ0) is 39.3. The van der Waals surface area contributed by atoms with Crippen LogP contribution < -0.4 is 0 Å². The van der Waals surface area contributed by atoms with Crippen LogP contribution in [0.2, 0.25) is 0 Å². The number of benzene rings is 9. The van der Waals surface area contributed by atoms with E-state index in [4.69, 9.17) is 9.90 Å². The van der Waals surface area contributed by atoms with E-state index in [1.54, 1.807) is 0 Å². The SMILES string of the molecule is [2H]c1c([2H])c([2H])c2c(-c3ccc(-c4ccccc4)c4ccccc34)c3c([2H])c([2H])c([2H])c([2H])c3c(-c3cccc(-c4ccc5c(c4)oc4ccccc45)c3)c2c1[2H]. The van der Waals surface area contributed by atoms with E-state index in [0.29, 0.717) is 27.8 Å². The van der Waals surface area contributed by atoms with Crippen LogP contribution in [0.3, 0.4) is 0 Å². The van der Waals surface area contributed by atoms with Gasteiger partial charge in [0.05, 0.1) is 11.0 Å². The predicted octanol–water partition coefficient (Wildman–Crippen LogP) is 13.7. The minimum absolute atomic E-state index is 0.176. The highest BCUT2D eigenvalue weighted by Crippen LogP contribution is 2.47. The molecule has 0 aliphatic carbocycles. The summed E-state index contributed by atoms with van der Waals surface area (Å²) in [4.78, 5) is 0. The first-order valence-electron chi connectivity index (χ1n) is 20.2. The summed E-state index contributed by atoms with van der Waals surface area (Å²) in [5, 5.41) is 4.37. The van der Waals surface area contributed by atoms with Crippen LogP contribution in [0.25, 0.3) is 98.8 Å². The number of para-hydroxylation sites is 1. The maximum atomic E-state index is 9.46. The highest BCUT2D eigenvalue weighted by molar-refractivity contribution is 6.24. The molecule has 0 bridgehead atoms. The fourth-order valence-electron chi connectivity index (χ4n) is 7.33. The molecule has 0 atom stereocenters. The van der Waals surface area contributed by atoms with Crippen molar-refractivity contribution >= 4 is 54.3 Å². The van der Waals surface area contributed by atoms with Gasteiger partial charge in [-0.25, -0.2) is 0 Å². The molecule has 0 aliphatic rings. The average molecular weight is 631 g/mol. The van der Waals surface area contributed by atoms with E-state index in [1.165, 1.54) is 0 Å². The Labute approximate surface area is 295 Å². The van der Waals surface area contributed by atoms with Gasteiger partial charge in [-0.05, 0) is 101 Å². The van der Waals surface area contributed by atoms with Crippen LogP contribution in [0, 0.1) is 0 Å². The van der Waals surface area contributed by atoms with Crippen molar-refractivity contribution in [1.29, 1.82) is 0 Å². The van der Waals surface area contributed by atoms with Crippen molar-refractivity contribution in [3.63, 3.8) is 0 Å². The molecule has 0 unspecified atom stereocenters. The van der Waals surface area contributed by atoms with Crippen molar-refractivity contribution in [3.05, 3.63) is 182 Å². The van der Waals surface area contributed by atoms with E-state index in [2.05, 4.69) is 0 Å². The lowest BCUT2D eigenvalue weighted by Crippen LogP contribution is -1.92. The Kier molecular flexibility index (Phi) is 4.69. The zero-order valence-corrected chi connectivity index (χ0v) is 26.1. The molecule has 0 amide bonds. The van der Waals surface area contributed by atoms with Gasteiger partial charge in [-0.3, -0.25) is 0 Å². The van der Waals surface area contributed by atoms with Gasteiger partial charge in [-0.1, -0.05) is 158 Å². The molecule has 1 aromatic heterocycles. The van der Waals surface area contributed by atoms with Crippen molar-refractivity contribution in [2.45, 2.75) is 0 Å². The van der Waals surface area contributed by atoms with Crippen LogP contribution in [0.1, 0.15) is 11.0 Å². The second kappa shape index (κ2) is 11.1. The van der Waals surface area contributed by atoms with Crippen LogP contribution in [0.15, 0.2) is 186 Å². The molecule has 0 aliphatic heterocycles. The number of fused-ring (bicyclic) bond motifs is 6. The van der Waals surface area contributed by atoms with Crippen molar-refractivity contribution < 1.29 is 15.4 Å². The molecular formula is C48H30O. The van der Waals surface area contributed by atoms with Crippen LogP contribution in [-0.2, 0) is 0 Å². The summed E-state index contributed by atoms with van der Waals surface area (Å²) < 4.78 is 79.6. The van der Waals surface area contributed by atoms with Crippen molar-refractivity contribution in [2.75, 3.05) is 0 Å². The van der Waals surface area contributed by atoms with Crippen LogP contribution in [-0.4, -0.2) is 0 Å². The lowest BCUT2D eigenvalue weighted by molar-refractivity contribution is 0.669. The summed E-state index contributed by atoms with van der Waals surface area (Å²) in [6.07, 6.45) is 0. The number of hydrogen-bond donors (Lipinski definition) is 0. The van der Waals surface area contributed by atoms with E-state index < -0.39 is 24.2 Å².